The number of hydrogen-bond donors (Lipinski definition) is 0. The summed E-state index contributed by atoms with van der Waals surface area (Å²) in [5, 5.41) is 0. The number of hydrogen-bond acceptors (Lipinski definition) is 6. The van der Waals surface area contributed by atoms with Crippen LogP contribution in [0.4, 0.5) is 0 Å². The van der Waals surface area contributed by atoms with E-state index in [1.165, 1.54) is 32.1 Å². The maximum absolute atomic E-state index is 12.9. The average molecular weight is 1040 g/mol. The fourth-order valence-electron chi connectivity index (χ4n) is 7.76. The molecule has 422 valence electrons. The summed E-state index contributed by atoms with van der Waals surface area (Å²) in [7, 11) is 0. The minimum Gasteiger partial charge on any atom is -0.462 e. The van der Waals surface area contributed by atoms with Crippen molar-refractivity contribution in [2.45, 2.75) is 258 Å². The molecular formula is C69H110O6. The molecule has 0 rings (SSSR count). The van der Waals surface area contributed by atoms with E-state index >= 15 is 0 Å². The van der Waals surface area contributed by atoms with Gasteiger partial charge >= 0.3 is 17.9 Å². The number of carbonyl (C=O) groups excluding carboxylic acids is 3. The van der Waals surface area contributed by atoms with Crippen LogP contribution in [0.25, 0.3) is 0 Å². The highest BCUT2D eigenvalue weighted by Gasteiger charge is 2.19. The molecule has 0 amide bonds. The third kappa shape index (κ3) is 60.0. The molecule has 0 aliphatic rings. The molecule has 0 aliphatic heterocycles. The molecule has 0 saturated heterocycles. The van der Waals surface area contributed by atoms with Crippen molar-refractivity contribution >= 4 is 17.9 Å². The summed E-state index contributed by atoms with van der Waals surface area (Å²) < 4.78 is 16.8. The molecule has 6 nitrogen and oxygen atoms in total. The summed E-state index contributed by atoms with van der Waals surface area (Å²) in [6, 6.07) is 0. The first-order chi connectivity index (χ1) is 37.0. The average Bonchev–Trinajstić information content (AvgIpc) is 3.41. The lowest BCUT2D eigenvalue weighted by molar-refractivity contribution is -0.167. The summed E-state index contributed by atoms with van der Waals surface area (Å²) in [4.78, 5) is 38.2. The summed E-state index contributed by atoms with van der Waals surface area (Å²) in [6.07, 6.45) is 88.4. The van der Waals surface area contributed by atoms with Crippen LogP contribution in [0.15, 0.2) is 146 Å². The van der Waals surface area contributed by atoms with Crippen molar-refractivity contribution in [3.8, 4) is 0 Å². The summed E-state index contributed by atoms with van der Waals surface area (Å²) >= 11 is 0. The van der Waals surface area contributed by atoms with Gasteiger partial charge in [0, 0.05) is 19.3 Å². The number of ether oxygens (including phenoxy) is 3. The lowest BCUT2D eigenvalue weighted by Crippen LogP contribution is -2.30. The molecular weight excluding hydrogens is 925 g/mol. The van der Waals surface area contributed by atoms with E-state index < -0.39 is 6.10 Å². The van der Waals surface area contributed by atoms with Crippen molar-refractivity contribution in [1.29, 1.82) is 0 Å². The van der Waals surface area contributed by atoms with Crippen LogP contribution < -0.4 is 0 Å². The predicted octanol–water partition coefficient (Wildman–Crippen LogP) is 20.8. The molecule has 1 atom stereocenters. The third-order valence-corrected chi connectivity index (χ3v) is 12.3. The normalized spacial score (nSPS) is 13.2. The number of unbranched alkanes of at least 4 members (excludes halogenated alkanes) is 18. The fraction of sp³-hybridized carbons (Fsp3) is 0.609. The standard InChI is InChI=1S/C69H110O6/c1-4-7-10-13-16-19-22-25-27-28-29-30-31-32-33-34-35-36-37-38-39-40-42-44-47-50-53-56-59-62-68(71)74-65-66(64-73-67(70)61-58-55-52-49-46-43-24-21-18-15-12-9-6-3)75-69(72)63-60-57-54-51-48-45-41-26-23-20-17-14-11-8-5-2/h7,10,12,15-17,19-21,24-27,29-30,32-33,35-36,38-39,41-42,44,66H,4-6,8-9,11,13-14,18,22-23,28,31,34,37,40,43,45-65H2,1-3H3/b10-7-,15-12-,19-16-,20-17-,24-21-,27-25-,30-29-,33-32-,36-35-,39-38-,41-26-,44-42-. The number of carbonyl (C=O) groups is 3. The Morgan fingerprint density at radius 2 is 0.547 bits per heavy atom. The van der Waals surface area contributed by atoms with Gasteiger partial charge in [-0.2, -0.15) is 0 Å². The largest absolute Gasteiger partial charge is 0.462 e. The van der Waals surface area contributed by atoms with Gasteiger partial charge in [-0.05, 0) is 141 Å². The van der Waals surface area contributed by atoms with Gasteiger partial charge in [0.25, 0.3) is 0 Å². The van der Waals surface area contributed by atoms with Crippen LogP contribution in [-0.2, 0) is 28.6 Å². The highest BCUT2D eigenvalue weighted by Crippen LogP contribution is 2.13. The minimum absolute atomic E-state index is 0.104. The molecule has 0 N–H and O–H groups in total. The van der Waals surface area contributed by atoms with E-state index in [1.54, 1.807) is 0 Å². The zero-order valence-corrected chi connectivity index (χ0v) is 48.3. The topological polar surface area (TPSA) is 78.9 Å². The van der Waals surface area contributed by atoms with E-state index in [0.717, 1.165) is 180 Å². The monoisotopic (exact) mass is 1030 g/mol. The summed E-state index contributed by atoms with van der Waals surface area (Å²) in [5.41, 5.74) is 0. The third-order valence-electron chi connectivity index (χ3n) is 12.3. The molecule has 0 aromatic rings. The van der Waals surface area contributed by atoms with Gasteiger partial charge in [0.1, 0.15) is 13.2 Å². The highest BCUT2D eigenvalue weighted by molar-refractivity contribution is 5.71. The first-order valence-corrected chi connectivity index (χ1v) is 30.3. The second-order valence-corrected chi connectivity index (χ2v) is 19.5. The molecule has 0 bridgehead atoms. The van der Waals surface area contributed by atoms with Crippen molar-refractivity contribution in [3.63, 3.8) is 0 Å². The van der Waals surface area contributed by atoms with Crippen molar-refractivity contribution in [3.05, 3.63) is 146 Å². The molecule has 0 radical (unpaired) electrons. The van der Waals surface area contributed by atoms with Gasteiger partial charge in [0.2, 0.25) is 0 Å². The van der Waals surface area contributed by atoms with Crippen LogP contribution in [0.5, 0.6) is 0 Å². The van der Waals surface area contributed by atoms with Crippen LogP contribution in [0, 0.1) is 0 Å². The number of allylic oxidation sites excluding steroid dienone is 24. The minimum atomic E-state index is -0.808. The molecule has 0 aromatic heterocycles. The number of rotatable bonds is 53. The summed E-state index contributed by atoms with van der Waals surface area (Å²) in [6.45, 7) is 6.38. The van der Waals surface area contributed by atoms with E-state index in [2.05, 4.69) is 167 Å². The lowest BCUT2D eigenvalue weighted by Gasteiger charge is -2.18. The van der Waals surface area contributed by atoms with Gasteiger partial charge in [0.05, 0.1) is 0 Å². The lowest BCUT2D eigenvalue weighted by atomic mass is 10.1. The van der Waals surface area contributed by atoms with Crippen LogP contribution in [0.1, 0.15) is 252 Å². The molecule has 0 saturated carbocycles. The predicted molar refractivity (Wildman–Crippen MR) is 325 cm³/mol. The SMILES string of the molecule is CC/C=C\C/C=C\C/C=C\C/C=C\C/C=C\C/C=C\C/C=C\C/C=C\CCCCCCC(=O)OCC(COC(=O)CCCCCCC/C=C\C/C=C\CCC)OC(=O)CCCCCCC/C=C\C/C=C\CCCCC. The Morgan fingerprint density at radius 1 is 0.280 bits per heavy atom. The second-order valence-electron chi connectivity index (χ2n) is 19.5. The first kappa shape index (κ1) is 70.3. The Labute approximate surface area is 461 Å². The molecule has 6 heteroatoms. The molecule has 0 spiro atoms. The maximum Gasteiger partial charge on any atom is 0.306 e. The first-order valence-electron chi connectivity index (χ1n) is 30.3. The molecule has 0 aliphatic carbocycles. The van der Waals surface area contributed by atoms with Crippen LogP contribution >= 0.6 is 0 Å². The van der Waals surface area contributed by atoms with Gasteiger partial charge in [-0.15, -0.1) is 0 Å². The Balaban J connectivity index is 4.41. The van der Waals surface area contributed by atoms with Gasteiger partial charge in [-0.1, -0.05) is 237 Å². The van der Waals surface area contributed by atoms with Crippen molar-refractivity contribution in [2.24, 2.45) is 0 Å². The van der Waals surface area contributed by atoms with E-state index in [-0.39, 0.29) is 31.1 Å². The van der Waals surface area contributed by atoms with Gasteiger partial charge in [-0.3, -0.25) is 14.4 Å². The fourth-order valence-corrected chi connectivity index (χ4v) is 7.76. The van der Waals surface area contributed by atoms with E-state index in [4.69, 9.17) is 14.2 Å². The summed E-state index contributed by atoms with van der Waals surface area (Å²) in [5.74, 6) is -0.962. The Morgan fingerprint density at radius 3 is 0.867 bits per heavy atom. The molecule has 0 fully saturated rings. The van der Waals surface area contributed by atoms with Crippen molar-refractivity contribution < 1.29 is 28.6 Å². The molecule has 0 aromatic carbocycles. The molecule has 0 heterocycles. The van der Waals surface area contributed by atoms with E-state index in [0.29, 0.717) is 19.3 Å². The van der Waals surface area contributed by atoms with Gasteiger partial charge in [0.15, 0.2) is 6.10 Å². The number of esters is 3. The van der Waals surface area contributed by atoms with Crippen LogP contribution in [0.2, 0.25) is 0 Å². The van der Waals surface area contributed by atoms with E-state index in [9.17, 15) is 14.4 Å². The molecule has 75 heavy (non-hydrogen) atoms. The Bertz CT molecular complexity index is 1660. The smallest absolute Gasteiger partial charge is 0.306 e. The van der Waals surface area contributed by atoms with E-state index in [1.807, 2.05) is 0 Å². The zero-order valence-electron chi connectivity index (χ0n) is 48.3. The quantitative estimate of drug-likeness (QED) is 0.0261. The Hall–Kier alpha value is -4.71. The van der Waals surface area contributed by atoms with Crippen LogP contribution in [-0.4, -0.2) is 37.2 Å². The van der Waals surface area contributed by atoms with Gasteiger partial charge < -0.3 is 14.2 Å². The highest BCUT2D eigenvalue weighted by atomic mass is 16.6. The van der Waals surface area contributed by atoms with Gasteiger partial charge in [-0.25, -0.2) is 0 Å². The second kappa shape index (κ2) is 61.8. The van der Waals surface area contributed by atoms with Crippen molar-refractivity contribution in [1.82, 2.24) is 0 Å². The zero-order chi connectivity index (χ0) is 54.3. The van der Waals surface area contributed by atoms with Crippen LogP contribution in [0.3, 0.4) is 0 Å². The Kier molecular flexibility index (Phi) is 58.0. The maximum atomic E-state index is 12.9. The molecule has 1 unspecified atom stereocenters. The van der Waals surface area contributed by atoms with Crippen molar-refractivity contribution in [2.75, 3.05) is 13.2 Å².